The number of alkyl halides is 1. The smallest absolute Gasteiger partial charge is 0.282 e. The lowest BCUT2D eigenvalue weighted by Gasteiger charge is -2.38. The van der Waals surface area contributed by atoms with Gasteiger partial charge in [0.15, 0.2) is 0 Å². The van der Waals surface area contributed by atoms with E-state index in [1.54, 1.807) is 12.1 Å². The molecule has 0 spiro atoms. The lowest BCUT2D eigenvalue weighted by Crippen LogP contribution is -2.31. The molecule has 1 fully saturated rings. The summed E-state index contributed by atoms with van der Waals surface area (Å²) >= 11 is 18.7. The van der Waals surface area contributed by atoms with Gasteiger partial charge in [0, 0.05) is 21.7 Å². The lowest BCUT2D eigenvalue weighted by molar-refractivity contribution is -0.387. The van der Waals surface area contributed by atoms with Gasteiger partial charge in [-0.2, -0.15) is 0 Å². The minimum atomic E-state index is -0.325. The number of halogens is 3. The Labute approximate surface area is 209 Å². The molecule has 5 atom stereocenters. The largest absolute Gasteiger partial charge is 0.376 e. The highest BCUT2D eigenvalue weighted by molar-refractivity contribution is 9.10. The molecule has 4 nitrogen and oxygen atoms in total. The maximum absolute atomic E-state index is 11.5. The number of fused-ring (bicyclic) bond motifs is 3. The van der Waals surface area contributed by atoms with Gasteiger partial charge >= 0.3 is 0 Å². The summed E-state index contributed by atoms with van der Waals surface area (Å²) in [6, 6.07) is 21.2. The Morgan fingerprint density at radius 1 is 1.06 bits per heavy atom. The van der Waals surface area contributed by atoms with Crippen LogP contribution in [0.1, 0.15) is 29.5 Å². The summed E-state index contributed by atoms with van der Waals surface area (Å²) in [6.07, 6.45) is 0.842. The van der Waals surface area contributed by atoms with Crippen molar-refractivity contribution < 1.29 is 4.92 Å². The Bertz CT molecular complexity index is 1180. The van der Waals surface area contributed by atoms with Crippen LogP contribution in [-0.2, 0) is 0 Å². The van der Waals surface area contributed by atoms with E-state index in [4.69, 9.17) is 23.2 Å². The molecule has 1 aliphatic heterocycles. The molecule has 1 saturated carbocycles. The van der Waals surface area contributed by atoms with E-state index in [9.17, 15) is 10.1 Å². The summed E-state index contributed by atoms with van der Waals surface area (Å²) in [4.78, 5) is 11.9. The molecule has 1 heterocycles. The van der Waals surface area contributed by atoms with E-state index < -0.39 is 0 Å². The van der Waals surface area contributed by atoms with Crippen LogP contribution in [0.15, 0.2) is 76.1 Å². The molecule has 0 saturated heterocycles. The summed E-state index contributed by atoms with van der Waals surface area (Å²) in [5, 5.41) is 15.8. The molecule has 0 radical (unpaired) electrons. The molecule has 3 aromatic rings. The molecule has 3 aromatic carbocycles. The zero-order chi connectivity index (χ0) is 22.4. The van der Waals surface area contributed by atoms with E-state index in [0.717, 1.165) is 22.1 Å². The van der Waals surface area contributed by atoms with Crippen molar-refractivity contribution in [3.8, 4) is 0 Å². The zero-order valence-corrected chi connectivity index (χ0v) is 20.7. The van der Waals surface area contributed by atoms with Crippen molar-refractivity contribution in [2.75, 3.05) is 5.32 Å². The Balaban J connectivity index is 1.54. The fourth-order valence-electron chi connectivity index (χ4n) is 4.98. The molecule has 164 valence electrons. The third-order valence-corrected chi connectivity index (χ3v) is 9.32. The van der Waals surface area contributed by atoms with Crippen LogP contribution in [0.3, 0.4) is 0 Å². The van der Waals surface area contributed by atoms with Gasteiger partial charge in [0.05, 0.1) is 31.9 Å². The van der Waals surface area contributed by atoms with Gasteiger partial charge in [0.2, 0.25) is 0 Å². The summed E-state index contributed by atoms with van der Waals surface area (Å²) in [6.45, 7) is 0. The first kappa shape index (κ1) is 22.1. The lowest BCUT2D eigenvalue weighted by atomic mass is 9.77. The second-order valence-electron chi connectivity index (χ2n) is 8.13. The summed E-state index contributed by atoms with van der Waals surface area (Å²) < 4.78 is 1.03. The van der Waals surface area contributed by atoms with E-state index in [1.807, 2.05) is 36.4 Å². The van der Waals surface area contributed by atoms with Crippen molar-refractivity contribution in [1.29, 1.82) is 0 Å². The van der Waals surface area contributed by atoms with E-state index in [-0.39, 0.29) is 39.1 Å². The number of nitrogens with one attached hydrogen (secondary N) is 1. The number of hydrogen-bond acceptors (Lipinski definition) is 4. The van der Waals surface area contributed by atoms with E-state index in [1.165, 1.54) is 17.3 Å². The minimum Gasteiger partial charge on any atom is -0.376 e. The molecule has 5 rings (SSSR count). The van der Waals surface area contributed by atoms with Crippen LogP contribution in [0.2, 0.25) is 5.02 Å². The molecule has 8 heteroatoms. The van der Waals surface area contributed by atoms with Gasteiger partial charge in [-0.25, -0.2) is 0 Å². The molecule has 1 N–H and O–H groups in total. The van der Waals surface area contributed by atoms with E-state index >= 15 is 0 Å². The van der Waals surface area contributed by atoms with Gasteiger partial charge in [-0.15, -0.1) is 23.4 Å². The van der Waals surface area contributed by atoms with Gasteiger partial charge in [-0.3, -0.25) is 10.1 Å². The van der Waals surface area contributed by atoms with Crippen LogP contribution in [0.5, 0.6) is 0 Å². The molecule has 0 bridgehead atoms. The second-order valence-corrected chi connectivity index (χ2v) is 11.2. The van der Waals surface area contributed by atoms with Crippen molar-refractivity contribution >= 4 is 62.3 Å². The number of rotatable bonds is 4. The quantitative estimate of drug-likeness (QED) is 0.203. The van der Waals surface area contributed by atoms with Crippen molar-refractivity contribution in [2.45, 2.75) is 33.9 Å². The van der Waals surface area contributed by atoms with Crippen molar-refractivity contribution in [2.24, 2.45) is 5.92 Å². The summed E-state index contributed by atoms with van der Waals surface area (Å²) in [7, 11) is 0. The highest BCUT2D eigenvalue weighted by Crippen LogP contribution is 2.58. The van der Waals surface area contributed by atoms with Gasteiger partial charge < -0.3 is 5.32 Å². The molecule has 0 amide bonds. The third-order valence-electron chi connectivity index (χ3n) is 6.37. The fourth-order valence-corrected chi connectivity index (χ4v) is 7.42. The van der Waals surface area contributed by atoms with Crippen molar-refractivity contribution in [1.82, 2.24) is 0 Å². The fraction of sp³-hybridized carbons (Fsp3) is 0.250. The SMILES string of the molecule is O=[N+]([O-])c1ccccc1S[C@@H]1C[C@H]2[C@H](c3cccc(Cl)c3N[C@H]2c2ccc(Br)cc2)[C@@H]1Cl. The van der Waals surface area contributed by atoms with Gasteiger partial charge in [-0.1, -0.05) is 63.9 Å². The maximum Gasteiger partial charge on any atom is 0.282 e. The van der Waals surface area contributed by atoms with Crippen LogP contribution >= 0.6 is 50.9 Å². The Kier molecular flexibility index (Phi) is 6.14. The Morgan fingerprint density at radius 3 is 2.56 bits per heavy atom. The number of nitrogens with zero attached hydrogens (tertiary/aromatic N) is 1. The standard InChI is InChI=1S/C24H19BrCl2N2O2S/c25-14-10-8-13(9-11-14)23-16-12-20(32-19-7-2-1-6-18(19)29(30)31)22(27)21(16)15-4-3-5-17(26)24(15)28-23/h1-11,16,20-23,28H,12H2/t16-,20+,21-,22+,23-/m0/s1. The predicted octanol–water partition coefficient (Wildman–Crippen LogP) is 8.05. The summed E-state index contributed by atoms with van der Waals surface area (Å²) in [5.74, 6) is 0.338. The third kappa shape index (κ3) is 3.92. The second kappa shape index (κ2) is 8.90. The molecule has 0 unspecified atom stereocenters. The molecule has 0 aromatic heterocycles. The topological polar surface area (TPSA) is 55.2 Å². The van der Waals surface area contributed by atoms with Crippen molar-refractivity contribution in [3.05, 3.63) is 97.5 Å². The summed E-state index contributed by atoms with van der Waals surface area (Å²) in [5.41, 5.74) is 3.36. The number of anilines is 1. The Hall–Kier alpha value is -1.73. The first-order valence-corrected chi connectivity index (χ1v) is 12.8. The van der Waals surface area contributed by atoms with Crippen LogP contribution < -0.4 is 5.32 Å². The molecular formula is C24H19BrCl2N2O2S. The van der Waals surface area contributed by atoms with Gasteiger partial charge in [-0.05, 0) is 47.7 Å². The predicted molar refractivity (Wildman–Crippen MR) is 135 cm³/mol. The van der Waals surface area contributed by atoms with Crippen molar-refractivity contribution in [3.63, 3.8) is 0 Å². The molecule has 32 heavy (non-hydrogen) atoms. The minimum absolute atomic E-state index is 0.0393. The van der Waals surface area contributed by atoms with Gasteiger partial charge in [0.1, 0.15) is 0 Å². The molecule has 1 aliphatic carbocycles. The van der Waals surface area contributed by atoms with Crippen LogP contribution in [0.25, 0.3) is 0 Å². The average Bonchev–Trinajstić information content (AvgIpc) is 3.11. The number of thioether (sulfide) groups is 1. The van der Waals surface area contributed by atoms with E-state index in [2.05, 4.69) is 39.4 Å². The number of nitro benzene ring substituents is 1. The number of para-hydroxylation sites is 2. The first-order chi connectivity index (χ1) is 15.4. The molecular weight excluding hydrogens is 531 g/mol. The van der Waals surface area contributed by atoms with Gasteiger partial charge in [0.25, 0.3) is 5.69 Å². The average molecular weight is 550 g/mol. The van der Waals surface area contributed by atoms with E-state index in [0.29, 0.717) is 9.92 Å². The first-order valence-electron chi connectivity index (χ1n) is 10.3. The maximum atomic E-state index is 11.5. The number of benzene rings is 3. The Morgan fingerprint density at radius 2 is 1.81 bits per heavy atom. The highest BCUT2D eigenvalue weighted by Gasteiger charge is 2.50. The van der Waals surface area contributed by atoms with Crippen LogP contribution in [0, 0.1) is 16.0 Å². The normalized spacial score (nSPS) is 26.2. The van der Waals surface area contributed by atoms with Crippen LogP contribution in [0.4, 0.5) is 11.4 Å². The number of nitro groups is 1. The molecule has 2 aliphatic rings. The number of hydrogen-bond donors (Lipinski definition) is 1. The van der Waals surface area contributed by atoms with Crippen LogP contribution in [-0.4, -0.2) is 15.6 Å². The highest BCUT2D eigenvalue weighted by atomic mass is 79.9. The zero-order valence-electron chi connectivity index (χ0n) is 16.8. The monoisotopic (exact) mass is 548 g/mol.